The Morgan fingerprint density at radius 2 is 1.80 bits per heavy atom. The maximum atomic E-state index is 12.1. The number of halogens is 1. The summed E-state index contributed by atoms with van der Waals surface area (Å²) in [4.78, 5) is 15.4. The monoisotopic (exact) mass is 400 g/mol. The molecule has 25 heavy (non-hydrogen) atoms. The van der Waals surface area contributed by atoms with Crippen LogP contribution in [0.25, 0.3) is 11.4 Å². The average Bonchev–Trinajstić information content (AvgIpc) is 3.04. The van der Waals surface area contributed by atoms with Gasteiger partial charge in [-0.15, -0.1) is 10.2 Å². The molecule has 0 saturated carbocycles. The van der Waals surface area contributed by atoms with Crippen LogP contribution in [0.4, 0.5) is 11.4 Å². The number of anilines is 2. The molecule has 8 heteroatoms. The molecule has 1 amide bonds. The van der Waals surface area contributed by atoms with E-state index in [4.69, 9.17) is 0 Å². The Kier molecular flexibility index (Phi) is 5.08. The van der Waals surface area contributed by atoms with Gasteiger partial charge in [0.05, 0.1) is 0 Å². The predicted molar refractivity (Wildman–Crippen MR) is 100 cm³/mol. The molecule has 0 aliphatic rings. The minimum atomic E-state index is -0.211. The zero-order valence-electron chi connectivity index (χ0n) is 13.8. The molecule has 128 valence electrons. The van der Waals surface area contributed by atoms with Crippen LogP contribution in [0, 0.1) is 0 Å². The molecular weight excluding hydrogens is 384 g/mol. The Hall–Kier alpha value is -2.74. The molecule has 1 aromatic heterocycles. The SMILES string of the molecule is CN(C)c1ccc(NC(=O)Cn2nnc(-c3ccc(Br)cc3)n2)cc1. The lowest BCUT2D eigenvalue weighted by Gasteiger charge is -2.12. The quantitative estimate of drug-likeness (QED) is 0.712. The van der Waals surface area contributed by atoms with Crippen molar-refractivity contribution in [2.45, 2.75) is 6.54 Å². The van der Waals surface area contributed by atoms with Gasteiger partial charge in [-0.25, -0.2) is 0 Å². The topological polar surface area (TPSA) is 75.9 Å². The van der Waals surface area contributed by atoms with E-state index < -0.39 is 0 Å². The van der Waals surface area contributed by atoms with Crippen molar-refractivity contribution in [2.24, 2.45) is 0 Å². The average molecular weight is 401 g/mol. The number of amides is 1. The lowest BCUT2D eigenvalue weighted by molar-refractivity contribution is -0.117. The Bertz CT molecular complexity index is 858. The van der Waals surface area contributed by atoms with E-state index in [1.807, 2.05) is 67.5 Å². The molecule has 1 N–H and O–H groups in total. The second-order valence-corrected chi connectivity index (χ2v) is 6.56. The maximum Gasteiger partial charge on any atom is 0.248 e. The predicted octanol–water partition coefficient (Wildman–Crippen LogP) is 2.81. The molecule has 0 radical (unpaired) electrons. The van der Waals surface area contributed by atoms with Crippen molar-refractivity contribution in [3.8, 4) is 11.4 Å². The third kappa shape index (κ3) is 4.42. The first-order chi connectivity index (χ1) is 12.0. The van der Waals surface area contributed by atoms with Gasteiger partial charge in [-0.05, 0) is 53.7 Å². The number of carbonyl (C=O) groups excluding carboxylic acids is 1. The zero-order chi connectivity index (χ0) is 17.8. The normalized spacial score (nSPS) is 10.5. The van der Waals surface area contributed by atoms with Gasteiger partial charge in [-0.3, -0.25) is 4.79 Å². The van der Waals surface area contributed by atoms with Crippen LogP contribution in [0.15, 0.2) is 53.0 Å². The number of nitrogens with zero attached hydrogens (tertiary/aromatic N) is 5. The van der Waals surface area contributed by atoms with E-state index in [0.29, 0.717) is 5.82 Å². The molecule has 0 aliphatic heterocycles. The summed E-state index contributed by atoms with van der Waals surface area (Å²) in [6.07, 6.45) is 0. The van der Waals surface area contributed by atoms with E-state index in [-0.39, 0.29) is 12.5 Å². The summed E-state index contributed by atoms with van der Waals surface area (Å²) in [5.74, 6) is 0.271. The van der Waals surface area contributed by atoms with Crippen molar-refractivity contribution in [1.82, 2.24) is 20.2 Å². The number of rotatable bonds is 5. The van der Waals surface area contributed by atoms with Crippen LogP contribution < -0.4 is 10.2 Å². The van der Waals surface area contributed by atoms with E-state index in [2.05, 4.69) is 36.7 Å². The molecule has 0 fully saturated rings. The Morgan fingerprint density at radius 3 is 2.44 bits per heavy atom. The zero-order valence-corrected chi connectivity index (χ0v) is 15.4. The fourth-order valence-electron chi connectivity index (χ4n) is 2.20. The van der Waals surface area contributed by atoms with Crippen LogP contribution in [0.2, 0.25) is 0 Å². The molecular formula is C17H17BrN6O. The molecule has 0 atom stereocenters. The second kappa shape index (κ2) is 7.43. The molecule has 0 spiro atoms. The number of benzene rings is 2. The summed E-state index contributed by atoms with van der Waals surface area (Å²) in [5.41, 5.74) is 2.63. The maximum absolute atomic E-state index is 12.1. The van der Waals surface area contributed by atoms with Crippen molar-refractivity contribution in [3.63, 3.8) is 0 Å². The highest BCUT2D eigenvalue weighted by molar-refractivity contribution is 9.10. The first kappa shape index (κ1) is 17.1. The van der Waals surface area contributed by atoms with Gasteiger partial charge in [0, 0.05) is 35.5 Å². The molecule has 0 unspecified atom stereocenters. The van der Waals surface area contributed by atoms with Gasteiger partial charge in [0.1, 0.15) is 6.54 Å². The molecule has 0 bridgehead atoms. The molecule has 0 saturated heterocycles. The number of hydrogen-bond donors (Lipinski definition) is 1. The number of carbonyl (C=O) groups is 1. The number of hydrogen-bond acceptors (Lipinski definition) is 5. The van der Waals surface area contributed by atoms with Crippen molar-refractivity contribution < 1.29 is 4.79 Å². The summed E-state index contributed by atoms with van der Waals surface area (Å²) < 4.78 is 0.975. The number of tetrazole rings is 1. The van der Waals surface area contributed by atoms with Crippen LogP contribution >= 0.6 is 15.9 Å². The summed E-state index contributed by atoms with van der Waals surface area (Å²) in [7, 11) is 3.93. The summed E-state index contributed by atoms with van der Waals surface area (Å²) in [6, 6.07) is 15.2. The van der Waals surface area contributed by atoms with Crippen LogP contribution in [-0.4, -0.2) is 40.2 Å². The smallest absolute Gasteiger partial charge is 0.248 e. The van der Waals surface area contributed by atoms with Crippen LogP contribution in [0.5, 0.6) is 0 Å². The van der Waals surface area contributed by atoms with Crippen molar-refractivity contribution in [2.75, 3.05) is 24.3 Å². The van der Waals surface area contributed by atoms with E-state index >= 15 is 0 Å². The van der Waals surface area contributed by atoms with Gasteiger partial charge in [-0.2, -0.15) is 4.80 Å². The number of aromatic nitrogens is 4. The van der Waals surface area contributed by atoms with Crippen molar-refractivity contribution in [3.05, 3.63) is 53.0 Å². The Balaban J connectivity index is 1.62. The van der Waals surface area contributed by atoms with E-state index in [1.54, 1.807) is 0 Å². The Morgan fingerprint density at radius 1 is 1.12 bits per heavy atom. The lowest BCUT2D eigenvalue weighted by Crippen LogP contribution is -2.20. The highest BCUT2D eigenvalue weighted by Crippen LogP contribution is 2.18. The molecule has 3 aromatic rings. The van der Waals surface area contributed by atoms with E-state index in [1.165, 1.54) is 4.80 Å². The Labute approximate surface area is 153 Å². The largest absolute Gasteiger partial charge is 0.378 e. The minimum Gasteiger partial charge on any atom is -0.378 e. The van der Waals surface area contributed by atoms with Crippen molar-refractivity contribution >= 4 is 33.2 Å². The van der Waals surface area contributed by atoms with E-state index in [0.717, 1.165) is 21.4 Å². The summed E-state index contributed by atoms with van der Waals surface area (Å²) in [6.45, 7) is -0.00103. The summed E-state index contributed by atoms with van der Waals surface area (Å²) >= 11 is 3.38. The van der Waals surface area contributed by atoms with Crippen LogP contribution in [0.3, 0.4) is 0 Å². The van der Waals surface area contributed by atoms with Gasteiger partial charge in [0.2, 0.25) is 11.7 Å². The molecule has 0 aliphatic carbocycles. The fraction of sp³-hybridized carbons (Fsp3) is 0.176. The third-order valence-corrected chi connectivity index (χ3v) is 4.04. The highest BCUT2D eigenvalue weighted by Gasteiger charge is 2.09. The highest BCUT2D eigenvalue weighted by atomic mass is 79.9. The first-order valence-electron chi connectivity index (χ1n) is 7.62. The van der Waals surface area contributed by atoms with Gasteiger partial charge >= 0.3 is 0 Å². The fourth-order valence-corrected chi connectivity index (χ4v) is 2.46. The number of nitrogens with one attached hydrogen (secondary N) is 1. The van der Waals surface area contributed by atoms with Crippen LogP contribution in [0.1, 0.15) is 0 Å². The van der Waals surface area contributed by atoms with E-state index in [9.17, 15) is 4.79 Å². The molecule has 7 nitrogen and oxygen atoms in total. The van der Waals surface area contributed by atoms with Crippen molar-refractivity contribution in [1.29, 1.82) is 0 Å². The van der Waals surface area contributed by atoms with Gasteiger partial charge in [0.15, 0.2) is 0 Å². The third-order valence-electron chi connectivity index (χ3n) is 3.51. The van der Waals surface area contributed by atoms with Gasteiger partial charge < -0.3 is 10.2 Å². The summed E-state index contributed by atoms with van der Waals surface area (Å²) in [5, 5.41) is 15.0. The lowest BCUT2D eigenvalue weighted by atomic mass is 10.2. The molecule has 1 heterocycles. The standard InChI is InChI=1S/C17H17BrN6O/c1-23(2)15-9-7-14(8-10-15)19-16(25)11-24-21-17(20-22-24)12-3-5-13(18)6-4-12/h3-10H,11H2,1-2H3,(H,19,25). The van der Waals surface area contributed by atoms with Gasteiger partial charge in [-0.1, -0.05) is 15.9 Å². The minimum absolute atomic E-state index is 0.00103. The first-order valence-corrected chi connectivity index (χ1v) is 8.41. The molecule has 3 rings (SSSR count). The second-order valence-electron chi connectivity index (χ2n) is 5.64. The van der Waals surface area contributed by atoms with Gasteiger partial charge in [0.25, 0.3) is 0 Å². The molecule has 2 aromatic carbocycles. The van der Waals surface area contributed by atoms with Crippen LogP contribution in [-0.2, 0) is 11.3 Å².